The average Bonchev–Trinajstić information content (AvgIpc) is 3.88. The predicted molar refractivity (Wildman–Crippen MR) is 242 cm³/mol. The van der Waals surface area contributed by atoms with Gasteiger partial charge in [-0.25, -0.2) is 4.79 Å². The second-order valence-electron chi connectivity index (χ2n) is 19.8. The summed E-state index contributed by atoms with van der Waals surface area (Å²) in [5, 5.41) is 29.1. The van der Waals surface area contributed by atoms with E-state index in [9.17, 15) is 19.8 Å². The van der Waals surface area contributed by atoms with Crippen LogP contribution in [0.5, 0.6) is 0 Å². The minimum Gasteiger partial charge on any atom is -0.462 e. The Morgan fingerprint density at radius 3 is 2.22 bits per heavy atom. The third kappa shape index (κ3) is 10.8. The number of carbonyl (C=O) groups excluding carboxylic acids is 2. The van der Waals surface area contributed by atoms with Gasteiger partial charge in [-0.2, -0.15) is 0 Å². The van der Waals surface area contributed by atoms with Crippen molar-refractivity contribution in [1.82, 2.24) is 4.90 Å². The van der Waals surface area contributed by atoms with E-state index in [2.05, 4.69) is 44.2 Å². The van der Waals surface area contributed by atoms with Crippen LogP contribution in [0.25, 0.3) is 0 Å². The van der Waals surface area contributed by atoms with Gasteiger partial charge in [-0.3, -0.25) is 4.79 Å². The van der Waals surface area contributed by atoms with Gasteiger partial charge in [-0.05, 0) is 146 Å². The molecule has 3 heterocycles. The molecule has 0 bridgehead atoms. The molecule has 5 fully saturated rings. The summed E-state index contributed by atoms with van der Waals surface area (Å²) in [5.41, 5.74) is 1.93. The standard InChI is InChI=1S/C50H78N2O13/c1-11-31-14-13-15-39(65-41-21-20-38(52(6)7)27(4)61-41)26(3)44(54)37-24-34-33-22-32(64-50-48(59-10)47(58-9)46(57-8)28(5)62-50)23-36(33)45(55)43(42(34)35(37)25-40(53)63-31)51-30-18-16-29(17-19-30)49(56)60-12-2/h16-19,24,26-28,31-36,38-39,41-48,50-51,54-55H,11-15,20-23,25H2,1-10H3/t26-,27?,28?,31+,32+,33+,34+,35-,36-,38+,39+,41+,42-,43-,44?,45-,46+,47?,48?,50+/m1/s1. The Hall–Kier alpha value is -2.70. The quantitative estimate of drug-likeness (QED) is 0.161. The number of rotatable bonds is 13. The van der Waals surface area contributed by atoms with Crippen LogP contribution in [0, 0.1) is 35.5 Å². The Labute approximate surface area is 386 Å². The molecule has 0 radical (unpaired) electrons. The summed E-state index contributed by atoms with van der Waals surface area (Å²) in [5.74, 6) is -2.15. The lowest BCUT2D eigenvalue weighted by Gasteiger charge is -2.48. The zero-order valence-corrected chi connectivity index (χ0v) is 40.3. The van der Waals surface area contributed by atoms with Gasteiger partial charge < -0.3 is 63.1 Å². The third-order valence-electron chi connectivity index (χ3n) is 15.8. The first-order valence-corrected chi connectivity index (χ1v) is 24.4. The Balaban J connectivity index is 1.22. The first kappa shape index (κ1) is 50.2. The van der Waals surface area contributed by atoms with Crippen molar-refractivity contribution in [2.75, 3.05) is 47.3 Å². The number of nitrogens with zero attached hydrogens (tertiary/aromatic N) is 1. The SMILES string of the molecule is CCOC(=O)c1ccc(N[C@H]2[C@H](O)[C@@H]3C[C@@H](O[C@@H]4OC(C)[C@H](OC)C(OC)C4OC)C[C@H]3[C@@H]3C=C4C(O)[C@H](C)[C@@H](O[C@H]5CC[C@H](N(C)C)C(C)O5)CCC[C@H](CC)OC(=O)C[C@H]4[C@@H]32)cc1. The average molecular weight is 915 g/mol. The van der Waals surface area contributed by atoms with Crippen molar-refractivity contribution in [3.8, 4) is 0 Å². The van der Waals surface area contributed by atoms with Crippen molar-refractivity contribution >= 4 is 17.6 Å². The highest BCUT2D eigenvalue weighted by atomic mass is 16.7. The van der Waals surface area contributed by atoms with Gasteiger partial charge in [0, 0.05) is 39.0 Å². The number of methoxy groups -OCH3 is 3. The van der Waals surface area contributed by atoms with Crippen molar-refractivity contribution in [3.63, 3.8) is 0 Å². The largest absolute Gasteiger partial charge is 0.462 e. The van der Waals surface area contributed by atoms with E-state index >= 15 is 0 Å². The highest BCUT2D eigenvalue weighted by Crippen LogP contribution is 2.58. The maximum atomic E-state index is 14.1. The molecule has 0 aromatic heterocycles. The maximum Gasteiger partial charge on any atom is 0.338 e. The van der Waals surface area contributed by atoms with Gasteiger partial charge in [0.2, 0.25) is 0 Å². The smallest absolute Gasteiger partial charge is 0.338 e. The minimum absolute atomic E-state index is 0.00863. The fraction of sp³-hybridized carbons (Fsp3) is 0.800. The molecule has 3 aliphatic carbocycles. The van der Waals surface area contributed by atoms with Crippen LogP contribution >= 0.6 is 0 Å². The number of allylic oxidation sites excluding steroid dienone is 1. The number of benzene rings is 1. The first-order valence-electron chi connectivity index (χ1n) is 24.4. The van der Waals surface area contributed by atoms with Crippen LogP contribution in [0.15, 0.2) is 35.9 Å². The van der Waals surface area contributed by atoms with Crippen LogP contribution in [0.3, 0.4) is 0 Å². The Morgan fingerprint density at radius 2 is 1.57 bits per heavy atom. The Morgan fingerprint density at radius 1 is 0.862 bits per heavy atom. The number of nitrogens with one attached hydrogen (secondary N) is 1. The number of hydrogen-bond donors (Lipinski definition) is 3. The molecule has 7 rings (SSSR count). The normalized spacial score (nSPS) is 42.4. The fourth-order valence-corrected chi connectivity index (χ4v) is 12.5. The summed E-state index contributed by atoms with van der Waals surface area (Å²) in [4.78, 5) is 28.9. The number of cyclic esters (lactones) is 1. The fourth-order valence-electron chi connectivity index (χ4n) is 12.5. The molecule has 15 nitrogen and oxygen atoms in total. The van der Waals surface area contributed by atoms with E-state index in [1.807, 2.05) is 26.0 Å². The van der Waals surface area contributed by atoms with E-state index in [0.717, 1.165) is 24.8 Å². The van der Waals surface area contributed by atoms with E-state index in [4.69, 9.17) is 42.6 Å². The molecule has 2 saturated carbocycles. The molecule has 20 atom stereocenters. The van der Waals surface area contributed by atoms with Gasteiger partial charge in [0.25, 0.3) is 0 Å². The lowest BCUT2D eigenvalue weighted by atomic mass is 9.62. The van der Waals surface area contributed by atoms with Crippen LogP contribution in [-0.4, -0.2) is 155 Å². The van der Waals surface area contributed by atoms with Crippen LogP contribution in [0.4, 0.5) is 5.69 Å². The van der Waals surface area contributed by atoms with Gasteiger partial charge in [-0.1, -0.05) is 19.9 Å². The number of ether oxygens (including phenoxy) is 9. The van der Waals surface area contributed by atoms with Crippen LogP contribution in [0.1, 0.15) is 103 Å². The predicted octanol–water partition coefficient (Wildman–Crippen LogP) is 5.74. The summed E-state index contributed by atoms with van der Waals surface area (Å²) in [6.07, 6.45) is 2.53. The van der Waals surface area contributed by atoms with Gasteiger partial charge in [0.15, 0.2) is 12.6 Å². The highest BCUT2D eigenvalue weighted by molar-refractivity contribution is 5.89. The van der Waals surface area contributed by atoms with E-state index in [1.54, 1.807) is 40.4 Å². The number of carbonyl (C=O) groups is 2. The van der Waals surface area contributed by atoms with E-state index in [-0.39, 0.29) is 85.2 Å². The zero-order chi connectivity index (χ0) is 46.7. The molecule has 3 N–H and O–H groups in total. The summed E-state index contributed by atoms with van der Waals surface area (Å²) < 4.78 is 55.6. The Kier molecular flexibility index (Phi) is 17.1. The van der Waals surface area contributed by atoms with E-state index in [0.29, 0.717) is 49.4 Å². The number of anilines is 1. The van der Waals surface area contributed by atoms with Gasteiger partial charge in [0.05, 0.1) is 61.3 Å². The van der Waals surface area contributed by atoms with Crippen molar-refractivity contribution in [2.24, 2.45) is 35.5 Å². The molecule has 65 heavy (non-hydrogen) atoms. The second-order valence-corrected chi connectivity index (χ2v) is 19.8. The summed E-state index contributed by atoms with van der Waals surface area (Å²) in [6.45, 7) is 10.2. The number of aliphatic hydroxyl groups excluding tert-OH is 2. The lowest BCUT2D eigenvalue weighted by molar-refractivity contribution is -0.314. The minimum atomic E-state index is -0.937. The van der Waals surface area contributed by atoms with Crippen molar-refractivity contribution in [1.29, 1.82) is 0 Å². The molecule has 15 heteroatoms. The topological polar surface area (TPSA) is 173 Å². The molecule has 6 aliphatic rings. The number of hydrogen-bond acceptors (Lipinski definition) is 15. The van der Waals surface area contributed by atoms with Gasteiger partial charge >= 0.3 is 11.9 Å². The van der Waals surface area contributed by atoms with Crippen LogP contribution in [-0.2, 0) is 47.4 Å². The molecule has 3 saturated heterocycles. The Bertz CT molecular complexity index is 1750. The number of fused-ring (bicyclic) bond motifs is 5. The molecule has 1 aromatic rings. The van der Waals surface area contributed by atoms with E-state index in [1.165, 1.54) is 0 Å². The van der Waals surface area contributed by atoms with Gasteiger partial charge in [-0.15, -0.1) is 0 Å². The summed E-state index contributed by atoms with van der Waals surface area (Å²) in [7, 11) is 9.03. The summed E-state index contributed by atoms with van der Waals surface area (Å²) in [6, 6.07) is 6.84. The molecular weight excluding hydrogens is 837 g/mol. The second kappa shape index (κ2) is 22.2. The van der Waals surface area contributed by atoms with Crippen molar-refractivity contribution in [3.05, 3.63) is 41.5 Å². The monoisotopic (exact) mass is 915 g/mol. The summed E-state index contributed by atoms with van der Waals surface area (Å²) >= 11 is 0. The van der Waals surface area contributed by atoms with E-state index < -0.39 is 54.9 Å². The molecule has 0 amide bonds. The van der Waals surface area contributed by atoms with Crippen LogP contribution in [0.2, 0.25) is 0 Å². The molecule has 366 valence electrons. The zero-order valence-electron chi connectivity index (χ0n) is 40.3. The third-order valence-corrected chi connectivity index (χ3v) is 15.8. The molecular formula is C50H78N2O13. The number of esters is 2. The first-order chi connectivity index (χ1) is 31.2. The lowest BCUT2D eigenvalue weighted by Crippen LogP contribution is -2.59. The molecule has 0 spiro atoms. The molecule has 3 aliphatic heterocycles. The molecule has 1 aromatic carbocycles. The maximum absolute atomic E-state index is 14.1. The number of likely N-dealkylation sites (N-methyl/N-ethyl adjacent to an activating group) is 1. The highest BCUT2D eigenvalue weighted by Gasteiger charge is 2.60. The molecule has 5 unspecified atom stereocenters. The van der Waals surface area contributed by atoms with Crippen LogP contribution < -0.4 is 5.32 Å². The number of aliphatic hydroxyl groups is 2. The van der Waals surface area contributed by atoms with Crippen molar-refractivity contribution in [2.45, 2.75) is 178 Å². The van der Waals surface area contributed by atoms with Crippen molar-refractivity contribution < 1.29 is 62.4 Å². The van der Waals surface area contributed by atoms with Gasteiger partial charge in [0.1, 0.15) is 24.4 Å².